The number of ether oxygens (including phenoxy) is 2. The lowest BCUT2D eigenvalue weighted by Crippen LogP contribution is -2.33. The number of anilines is 2. The summed E-state index contributed by atoms with van der Waals surface area (Å²) < 4.78 is 23.8. The zero-order chi connectivity index (χ0) is 27.9. The molecule has 0 unspecified atom stereocenters. The number of methoxy groups -OCH3 is 2. The van der Waals surface area contributed by atoms with Crippen LogP contribution in [0.3, 0.4) is 0 Å². The van der Waals surface area contributed by atoms with Crippen molar-refractivity contribution in [2.24, 2.45) is 0 Å². The summed E-state index contributed by atoms with van der Waals surface area (Å²) in [4.78, 5) is 41.5. The van der Waals surface area contributed by atoms with E-state index in [4.69, 9.17) is 9.47 Å². The van der Waals surface area contributed by atoms with Crippen molar-refractivity contribution in [1.82, 2.24) is 4.90 Å². The monoisotopic (exact) mass is 549 g/mol. The van der Waals surface area contributed by atoms with Crippen molar-refractivity contribution >= 4 is 40.9 Å². The Bertz CT molecular complexity index is 1420. The summed E-state index contributed by atoms with van der Waals surface area (Å²) in [6, 6.07) is 17.7. The molecule has 1 aliphatic heterocycles. The standard InChI is InChI=1S/C29H28FN3O5S/c1-18-8-13-24(38-3)23(16-18)32-25-26(29(36)33(28(25)35)14-5-15-37-2)39-22-7-4-6-21(17-22)31-27(34)19-9-11-20(30)12-10-19/h4,6-13,16-17,32H,5,14-15H2,1-3H3,(H,31,34). The number of imide groups is 1. The largest absolute Gasteiger partial charge is 0.495 e. The highest BCUT2D eigenvalue weighted by molar-refractivity contribution is 8.04. The SMILES string of the molecule is COCCCN1C(=O)C(Nc2cc(C)ccc2OC)=C(Sc2cccc(NC(=O)c3ccc(F)cc3)c2)C1=O. The fourth-order valence-corrected chi connectivity index (χ4v) is 4.95. The molecule has 0 radical (unpaired) electrons. The van der Waals surface area contributed by atoms with Crippen molar-refractivity contribution in [3.05, 3.63) is 94.3 Å². The zero-order valence-corrected chi connectivity index (χ0v) is 22.6. The Morgan fingerprint density at radius 2 is 1.77 bits per heavy atom. The van der Waals surface area contributed by atoms with Gasteiger partial charge in [-0.15, -0.1) is 0 Å². The van der Waals surface area contributed by atoms with Crippen LogP contribution in [0.4, 0.5) is 15.8 Å². The van der Waals surface area contributed by atoms with Gasteiger partial charge in [-0.25, -0.2) is 4.39 Å². The van der Waals surface area contributed by atoms with Gasteiger partial charge in [0.25, 0.3) is 17.7 Å². The summed E-state index contributed by atoms with van der Waals surface area (Å²) >= 11 is 1.12. The average Bonchev–Trinajstić information content (AvgIpc) is 3.13. The van der Waals surface area contributed by atoms with Gasteiger partial charge in [0, 0.05) is 36.4 Å². The number of carbonyl (C=O) groups excluding carboxylic acids is 3. The number of benzene rings is 3. The Kier molecular flexibility index (Phi) is 9.00. The Labute approximate surface area is 230 Å². The van der Waals surface area contributed by atoms with E-state index in [-0.39, 0.29) is 17.1 Å². The molecule has 0 saturated heterocycles. The van der Waals surface area contributed by atoms with E-state index in [1.165, 1.54) is 36.3 Å². The molecule has 3 aromatic rings. The molecule has 0 aliphatic carbocycles. The third-order valence-electron chi connectivity index (χ3n) is 5.89. The number of nitrogens with one attached hydrogen (secondary N) is 2. The zero-order valence-electron chi connectivity index (χ0n) is 21.7. The maximum absolute atomic E-state index is 13.4. The smallest absolute Gasteiger partial charge is 0.278 e. The van der Waals surface area contributed by atoms with Crippen LogP contribution in [0, 0.1) is 12.7 Å². The van der Waals surface area contributed by atoms with E-state index in [0.717, 1.165) is 17.3 Å². The summed E-state index contributed by atoms with van der Waals surface area (Å²) in [5.74, 6) is -1.17. The van der Waals surface area contributed by atoms with Gasteiger partial charge in [-0.2, -0.15) is 0 Å². The summed E-state index contributed by atoms with van der Waals surface area (Å²) in [7, 11) is 3.09. The molecular weight excluding hydrogens is 521 g/mol. The third-order valence-corrected chi connectivity index (χ3v) is 6.96. The normalized spacial score (nSPS) is 13.2. The molecule has 3 aromatic carbocycles. The van der Waals surface area contributed by atoms with Gasteiger partial charge in [-0.1, -0.05) is 23.9 Å². The molecule has 39 heavy (non-hydrogen) atoms. The van der Waals surface area contributed by atoms with E-state index in [1.807, 2.05) is 19.1 Å². The number of carbonyl (C=O) groups is 3. The number of thioether (sulfide) groups is 1. The first kappa shape index (κ1) is 27.9. The predicted octanol–water partition coefficient (Wildman–Crippen LogP) is 5.22. The van der Waals surface area contributed by atoms with Gasteiger partial charge in [-0.3, -0.25) is 19.3 Å². The van der Waals surface area contributed by atoms with Gasteiger partial charge in [0.05, 0.1) is 12.8 Å². The van der Waals surface area contributed by atoms with Crippen molar-refractivity contribution in [3.8, 4) is 5.75 Å². The van der Waals surface area contributed by atoms with Crippen molar-refractivity contribution in [2.75, 3.05) is 38.0 Å². The van der Waals surface area contributed by atoms with Crippen LogP contribution in [0.2, 0.25) is 0 Å². The van der Waals surface area contributed by atoms with Crippen LogP contribution in [0.25, 0.3) is 0 Å². The second-order valence-electron chi connectivity index (χ2n) is 8.73. The van der Waals surface area contributed by atoms with Gasteiger partial charge in [0.1, 0.15) is 22.2 Å². The number of aryl methyl sites for hydroxylation is 1. The number of rotatable bonds is 11. The van der Waals surface area contributed by atoms with Crippen LogP contribution >= 0.6 is 11.8 Å². The van der Waals surface area contributed by atoms with Crippen molar-refractivity contribution in [2.45, 2.75) is 18.2 Å². The van der Waals surface area contributed by atoms with Crippen LogP contribution in [0.1, 0.15) is 22.3 Å². The molecule has 0 atom stereocenters. The molecule has 8 nitrogen and oxygen atoms in total. The predicted molar refractivity (Wildman–Crippen MR) is 148 cm³/mol. The molecule has 0 fully saturated rings. The summed E-state index contributed by atoms with van der Waals surface area (Å²) in [5.41, 5.74) is 2.45. The molecule has 1 heterocycles. The van der Waals surface area contributed by atoms with Crippen LogP contribution in [0.15, 0.2) is 82.2 Å². The average molecular weight is 550 g/mol. The van der Waals surface area contributed by atoms with Gasteiger partial charge in [-0.05, 0) is 73.5 Å². The fourth-order valence-electron chi connectivity index (χ4n) is 3.94. The van der Waals surface area contributed by atoms with E-state index in [2.05, 4.69) is 10.6 Å². The number of hydrogen-bond donors (Lipinski definition) is 2. The first-order valence-corrected chi connectivity index (χ1v) is 13.0. The minimum atomic E-state index is -0.442. The molecule has 3 amide bonds. The van der Waals surface area contributed by atoms with Gasteiger partial charge >= 0.3 is 0 Å². The quantitative estimate of drug-likeness (QED) is 0.250. The number of amides is 3. The molecular formula is C29H28FN3O5S. The van der Waals surface area contributed by atoms with E-state index in [9.17, 15) is 18.8 Å². The molecule has 0 aromatic heterocycles. The second kappa shape index (κ2) is 12.6. The van der Waals surface area contributed by atoms with Crippen LogP contribution in [-0.4, -0.2) is 50.0 Å². The highest BCUT2D eigenvalue weighted by Gasteiger charge is 2.39. The fraction of sp³-hybridized carbons (Fsp3) is 0.207. The van der Waals surface area contributed by atoms with Crippen LogP contribution in [0.5, 0.6) is 5.75 Å². The highest BCUT2D eigenvalue weighted by Crippen LogP contribution is 2.38. The molecule has 1 aliphatic rings. The maximum Gasteiger partial charge on any atom is 0.278 e. The summed E-state index contributed by atoms with van der Waals surface area (Å²) in [6.07, 6.45) is 0.498. The lowest BCUT2D eigenvalue weighted by molar-refractivity contribution is -0.137. The Balaban J connectivity index is 1.62. The summed E-state index contributed by atoms with van der Waals surface area (Å²) in [6.45, 7) is 2.53. The van der Waals surface area contributed by atoms with E-state index in [0.29, 0.717) is 40.6 Å². The van der Waals surface area contributed by atoms with Crippen molar-refractivity contribution in [3.63, 3.8) is 0 Å². The first-order chi connectivity index (χ1) is 18.8. The second-order valence-corrected chi connectivity index (χ2v) is 9.82. The molecule has 202 valence electrons. The third kappa shape index (κ3) is 6.65. The Hall–Kier alpha value is -4.15. The van der Waals surface area contributed by atoms with Gasteiger partial charge < -0.3 is 20.1 Å². The molecule has 0 bridgehead atoms. The Morgan fingerprint density at radius 3 is 2.49 bits per heavy atom. The molecule has 0 spiro atoms. The van der Waals surface area contributed by atoms with Gasteiger partial charge in [0.2, 0.25) is 0 Å². The van der Waals surface area contributed by atoms with Crippen molar-refractivity contribution < 1.29 is 28.2 Å². The molecule has 4 rings (SSSR count). The number of hydrogen-bond acceptors (Lipinski definition) is 7. The topological polar surface area (TPSA) is 97.0 Å². The van der Waals surface area contributed by atoms with Gasteiger partial charge in [0.15, 0.2) is 0 Å². The molecule has 10 heteroatoms. The number of nitrogens with zero attached hydrogens (tertiary/aromatic N) is 1. The lowest BCUT2D eigenvalue weighted by Gasteiger charge is -2.15. The highest BCUT2D eigenvalue weighted by atomic mass is 32.2. The van der Waals surface area contributed by atoms with E-state index >= 15 is 0 Å². The van der Waals surface area contributed by atoms with Crippen LogP contribution < -0.4 is 15.4 Å². The Morgan fingerprint density at radius 1 is 1.00 bits per heavy atom. The molecule has 0 saturated carbocycles. The van der Waals surface area contributed by atoms with E-state index < -0.39 is 23.5 Å². The first-order valence-electron chi connectivity index (χ1n) is 12.2. The molecule has 2 N–H and O–H groups in total. The minimum absolute atomic E-state index is 0.145. The van der Waals surface area contributed by atoms with Crippen molar-refractivity contribution in [1.29, 1.82) is 0 Å². The maximum atomic E-state index is 13.4. The lowest BCUT2D eigenvalue weighted by atomic mass is 10.2. The van der Waals surface area contributed by atoms with Crippen LogP contribution in [-0.2, 0) is 14.3 Å². The summed E-state index contributed by atoms with van der Waals surface area (Å²) in [5, 5.41) is 5.91. The minimum Gasteiger partial charge on any atom is -0.495 e. The number of halogens is 1. The van der Waals surface area contributed by atoms with E-state index in [1.54, 1.807) is 37.4 Å².